The Balaban J connectivity index is 1.64. The number of nitrogens with one attached hydrogen (secondary N) is 2. The number of benzene rings is 1. The predicted molar refractivity (Wildman–Crippen MR) is 80.0 cm³/mol. The van der Waals surface area contributed by atoms with Crippen LogP contribution in [0.4, 0.5) is 5.69 Å². The summed E-state index contributed by atoms with van der Waals surface area (Å²) in [4.78, 5) is 0. The summed E-state index contributed by atoms with van der Waals surface area (Å²) < 4.78 is 29.6. The summed E-state index contributed by atoms with van der Waals surface area (Å²) in [6.07, 6.45) is 3.07. The maximum absolute atomic E-state index is 12.7. The molecule has 2 aromatic rings. The summed E-state index contributed by atoms with van der Waals surface area (Å²) in [7, 11) is -3.56. The molecule has 4 rings (SSSR count). The van der Waals surface area contributed by atoms with Crippen molar-refractivity contribution in [1.29, 1.82) is 0 Å². The van der Waals surface area contributed by atoms with E-state index in [9.17, 15) is 8.42 Å². The normalized spacial score (nSPS) is 24.7. The topological polar surface area (TPSA) is 104 Å². The molecule has 0 radical (unpaired) electrons. The second-order valence-electron chi connectivity index (χ2n) is 5.79. The standard InChI is InChI=1S/C13H16N6O2S/c20-22(21,19-8-9-5-6-10(19)7-9)16-12-4-2-1-3-11(12)13-14-17-18-15-13/h1-4,9-10,16H,5-8H2,(H,14,15,17,18). The lowest BCUT2D eigenvalue weighted by Crippen LogP contribution is -2.41. The predicted octanol–water partition coefficient (Wildman–Crippen LogP) is 1.01. The first-order chi connectivity index (χ1) is 10.6. The molecular weight excluding hydrogens is 304 g/mol. The molecule has 2 heterocycles. The van der Waals surface area contributed by atoms with Gasteiger partial charge in [-0.05, 0) is 42.5 Å². The zero-order chi connectivity index (χ0) is 15.2. The number of hydrogen-bond acceptors (Lipinski definition) is 5. The summed E-state index contributed by atoms with van der Waals surface area (Å²) in [5, 5.41) is 13.7. The van der Waals surface area contributed by atoms with Crippen molar-refractivity contribution in [2.24, 2.45) is 5.92 Å². The Kier molecular flexibility index (Phi) is 3.12. The van der Waals surface area contributed by atoms with E-state index in [1.807, 2.05) is 0 Å². The number of anilines is 1. The third kappa shape index (κ3) is 2.26. The minimum absolute atomic E-state index is 0.139. The molecule has 0 spiro atoms. The first kappa shape index (κ1) is 13.6. The molecule has 2 unspecified atom stereocenters. The molecule has 1 saturated carbocycles. The van der Waals surface area contributed by atoms with Crippen molar-refractivity contribution in [1.82, 2.24) is 24.9 Å². The zero-order valence-electron chi connectivity index (χ0n) is 11.8. The van der Waals surface area contributed by atoms with Gasteiger partial charge in [-0.25, -0.2) is 0 Å². The van der Waals surface area contributed by atoms with Crippen molar-refractivity contribution in [3.63, 3.8) is 0 Å². The van der Waals surface area contributed by atoms with Gasteiger partial charge >= 0.3 is 10.2 Å². The van der Waals surface area contributed by atoms with Gasteiger partial charge in [-0.3, -0.25) is 4.72 Å². The molecule has 9 heteroatoms. The van der Waals surface area contributed by atoms with Crippen LogP contribution < -0.4 is 4.72 Å². The summed E-state index contributed by atoms with van der Waals surface area (Å²) in [5.41, 5.74) is 1.07. The van der Waals surface area contributed by atoms with E-state index in [4.69, 9.17) is 0 Å². The highest BCUT2D eigenvalue weighted by atomic mass is 32.2. The van der Waals surface area contributed by atoms with Gasteiger partial charge < -0.3 is 0 Å². The van der Waals surface area contributed by atoms with Crippen molar-refractivity contribution >= 4 is 15.9 Å². The van der Waals surface area contributed by atoms with Crippen molar-refractivity contribution in [2.75, 3.05) is 11.3 Å². The van der Waals surface area contributed by atoms with Crippen LogP contribution in [0.2, 0.25) is 0 Å². The summed E-state index contributed by atoms with van der Waals surface area (Å²) in [6.45, 7) is 0.615. The van der Waals surface area contributed by atoms with Crippen LogP contribution >= 0.6 is 0 Å². The molecule has 8 nitrogen and oxygen atoms in total. The number of aromatic nitrogens is 4. The van der Waals surface area contributed by atoms with Gasteiger partial charge in [-0.1, -0.05) is 12.1 Å². The van der Waals surface area contributed by atoms with Crippen LogP contribution in [0.25, 0.3) is 11.4 Å². The molecule has 2 aliphatic rings. The maximum atomic E-state index is 12.7. The first-order valence-electron chi connectivity index (χ1n) is 7.26. The van der Waals surface area contributed by atoms with Crippen molar-refractivity contribution in [3.8, 4) is 11.4 Å². The zero-order valence-corrected chi connectivity index (χ0v) is 12.6. The third-order valence-electron chi connectivity index (χ3n) is 4.42. The molecule has 1 aliphatic carbocycles. The van der Waals surface area contributed by atoms with E-state index in [1.54, 1.807) is 28.6 Å². The molecule has 2 bridgehead atoms. The van der Waals surface area contributed by atoms with Gasteiger partial charge in [0, 0.05) is 18.2 Å². The molecule has 1 aromatic carbocycles. The van der Waals surface area contributed by atoms with E-state index in [2.05, 4.69) is 25.3 Å². The fraction of sp³-hybridized carbons (Fsp3) is 0.462. The molecule has 2 atom stereocenters. The van der Waals surface area contributed by atoms with Gasteiger partial charge in [0.15, 0.2) is 0 Å². The SMILES string of the molecule is O=S(=O)(Nc1ccccc1-c1nn[nH]n1)N1CC2CCC1C2. The Bertz CT molecular complexity index is 776. The average molecular weight is 320 g/mol. The Morgan fingerprint density at radius 2 is 2.14 bits per heavy atom. The van der Waals surface area contributed by atoms with Gasteiger partial charge in [0.05, 0.1) is 5.69 Å². The number of rotatable bonds is 4. The van der Waals surface area contributed by atoms with E-state index in [-0.39, 0.29) is 6.04 Å². The lowest BCUT2D eigenvalue weighted by molar-refractivity contribution is 0.335. The van der Waals surface area contributed by atoms with E-state index in [0.29, 0.717) is 29.5 Å². The second kappa shape index (κ2) is 5.03. The lowest BCUT2D eigenvalue weighted by atomic mass is 10.1. The number of aromatic amines is 1. The highest BCUT2D eigenvalue weighted by molar-refractivity contribution is 7.90. The molecular formula is C13H16N6O2S. The first-order valence-corrected chi connectivity index (χ1v) is 8.70. The number of H-pyrrole nitrogens is 1. The molecule has 0 amide bonds. The monoisotopic (exact) mass is 320 g/mol. The van der Waals surface area contributed by atoms with Crippen LogP contribution in [-0.2, 0) is 10.2 Å². The van der Waals surface area contributed by atoms with Crippen LogP contribution in [0.1, 0.15) is 19.3 Å². The van der Waals surface area contributed by atoms with Crippen LogP contribution in [-0.4, -0.2) is 45.9 Å². The Hall–Kier alpha value is -2.00. The molecule has 2 N–H and O–H groups in total. The number of fused-ring (bicyclic) bond motifs is 2. The van der Waals surface area contributed by atoms with E-state index in [0.717, 1.165) is 19.3 Å². The van der Waals surface area contributed by atoms with E-state index < -0.39 is 10.2 Å². The lowest BCUT2D eigenvalue weighted by Gasteiger charge is -2.26. The quantitative estimate of drug-likeness (QED) is 0.875. The largest absolute Gasteiger partial charge is 0.301 e. The molecule has 1 aromatic heterocycles. The van der Waals surface area contributed by atoms with Crippen molar-refractivity contribution < 1.29 is 8.42 Å². The van der Waals surface area contributed by atoms with Gasteiger partial charge in [-0.2, -0.15) is 17.9 Å². The molecule has 116 valence electrons. The van der Waals surface area contributed by atoms with Crippen molar-refractivity contribution in [3.05, 3.63) is 24.3 Å². The molecule has 1 saturated heterocycles. The number of hydrogen-bond donors (Lipinski definition) is 2. The highest BCUT2D eigenvalue weighted by Gasteiger charge is 2.43. The van der Waals surface area contributed by atoms with Gasteiger partial charge in [0.2, 0.25) is 5.82 Å². The van der Waals surface area contributed by atoms with Gasteiger partial charge in [-0.15, -0.1) is 10.2 Å². The highest BCUT2D eigenvalue weighted by Crippen LogP contribution is 2.39. The Labute approximate surface area is 128 Å². The number of nitrogens with zero attached hydrogens (tertiary/aromatic N) is 4. The van der Waals surface area contributed by atoms with E-state index >= 15 is 0 Å². The number of para-hydroxylation sites is 1. The minimum atomic E-state index is -3.56. The van der Waals surface area contributed by atoms with Crippen molar-refractivity contribution in [2.45, 2.75) is 25.3 Å². The number of piperidine rings is 1. The van der Waals surface area contributed by atoms with Crippen LogP contribution in [0.5, 0.6) is 0 Å². The van der Waals surface area contributed by atoms with Crippen LogP contribution in [0.3, 0.4) is 0 Å². The number of tetrazole rings is 1. The summed E-state index contributed by atoms with van der Waals surface area (Å²) in [5.74, 6) is 0.871. The smallest absolute Gasteiger partial charge is 0.270 e. The average Bonchev–Trinajstić information content (AvgIpc) is 3.25. The fourth-order valence-electron chi connectivity index (χ4n) is 3.41. The fourth-order valence-corrected chi connectivity index (χ4v) is 4.98. The molecule has 1 aliphatic heterocycles. The third-order valence-corrected chi connectivity index (χ3v) is 5.96. The van der Waals surface area contributed by atoms with Crippen LogP contribution in [0.15, 0.2) is 24.3 Å². The minimum Gasteiger partial charge on any atom is -0.270 e. The van der Waals surface area contributed by atoms with Crippen LogP contribution in [0, 0.1) is 5.92 Å². The second-order valence-corrected chi connectivity index (χ2v) is 7.41. The molecule has 2 fully saturated rings. The van der Waals surface area contributed by atoms with E-state index in [1.165, 1.54) is 0 Å². The Morgan fingerprint density at radius 1 is 1.27 bits per heavy atom. The summed E-state index contributed by atoms with van der Waals surface area (Å²) in [6, 6.07) is 7.19. The maximum Gasteiger partial charge on any atom is 0.301 e. The van der Waals surface area contributed by atoms with Gasteiger partial charge in [0.25, 0.3) is 0 Å². The Morgan fingerprint density at radius 3 is 2.82 bits per heavy atom. The van der Waals surface area contributed by atoms with Gasteiger partial charge in [0.1, 0.15) is 0 Å². The molecule has 22 heavy (non-hydrogen) atoms. The summed E-state index contributed by atoms with van der Waals surface area (Å²) >= 11 is 0.